The molecule has 2 aromatic carbocycles. The molecule has 0 atom stereocenters. The molecular formula is C28H28N4O5. The molecule has 37 heavy (non-hydrogen) atoms. The molecule has 4 aromatic rings. The molecule has 0 fully saturated rings. The van der Waals surface area contributed by atoms with E-state index in [0.29, 0.717) is 50.0 Å². The van der Waals surface area contributed by atoms with Crippen LogP contribution in [0.3, 0.4) is 0 Å². The molecule has 0 spiro atoms. The van der Waals surface area contributed by atoms with Crippen LogP contribution in [0, 0.1) is 0 Å². The third kappa shape index (κ3) is 5.35. The van der Waals surface area contributed by atoms with E-state index in [2.05, 4.69) is 32.7 Å². The maximum absolute atomic E-state index is 11.2. The molecule has 1 aliphatic heterocycles. The summed E-state index contributed by atoms with van der Waals surface area (Å²) in [6.45, 7) is 1.92. The molecule has 9 heteroatoms. The number of hydrogen-bond acceptors (Lipinski definition) is 6. The largest absolute Gasteiger partial charge is 0.493 e. The van der Waals surface area contributed by atoms with Crippen molar-refractivity contribution in [1.29, 1.82) is 0 Å². The maximum Gasteiger partial charge on any atom is 0.407 e. The minimum Gasteiger partial charge on any atom is -0.493 e. The Balaban J connectivity index is 1.28. The van der Waals surface area contributed by atoms with Gasteiger partial charge in [-0.3, -0.25) is 0 Å². The van der Waals surface area contributed by atoms with Crippen molar-refractivity contribution in [2.45, 2.75) is 19.6 Å². The second-order valence-electron chi connectivity index (χ2n) is 8.77. The van der Waals surface area contributed by atoms with Crippen LogP contribution in [0.4, 0.5) is 4.79 Å². The first-order valence-corrected chi connectivity index (χ1v) is 11.9. The highest BCUT2D eigenvalue weighted by Gasteiger charge is 2.17. The molecule has 3 heterocycles. The number of hydrogen-bond donors (Lipinski definition) is 1. The van der Waals surface area contributed by atoms with Crippen molar-refractivity contribution in [1.82, 2.24) is 19.4 Å². The monoisotopic (exact) mass is 500 g/mol. The van der Waals surface area contributed by atoms with E-state index in [1.165, 1.54) is 4.90 Å². The van der Waals surface area contributed by atoms with Crippen molar-refractivity contribution < 1.29 is 24.1 Å². The number of fused-ring (bicyclic) bond motifs is 1. The van der Waals surface area contributed by atoms with Crippen molar-refractivity contribution >= 4 is 22.7 Å². The minimum atomic E-state index is -0.879. The Bertz CT molecular complexity index is 1440. The quantitative estimate of drug-likeness (QED) is 0.369. The average Bonchev–Trinajstić information content (AvgIpc) is 3.34. The summed E-state index contributed by atoms with van der Waals surface area (Å²) < 4.78 is 18.8. The highest BCUT2D eigenvalue weighted by atomic mass is 16.5. The molecule has 0 aliphatic carbocycles. The van der Waals surface area contributed by atoms with Crippen molar-refractivity contribution in [3.8, 4) is 17.4 Å². The number of rotatable bonds is 8. The zero-order valence-electron chi connectivity index (χ0n) is 20.8. The molecule has 2 aromatic heterocycles. The lowest BCUT2D eigenvalue weighted by Crippen LogP contribution is -2.33. The van der Waals surface area contributed by atoms with E-state index in [4.69, 9.17) is 19.3 Å². The van der Waals surface area contributed by atoms with E-state index >= 15 is 0 Å². The number of nitrogens with zero attached hydrogens (tertiary/aromatic N) is 4. The Morgan fingerprint density at radius 2 is 1.86 bits per heavy atom. The summed E-state index contributed by atoms with van der Waals surface area (Å²) in [5.74, 6) is 1.88. The zero-order valence-corrected chi connectivity index (χ0v) is 20.8. The van der Waals surface area contributed by atoms with Gasteiger partial charge in [-0.15, -0.1) is 0 Å². The molecule has 0 saturated heterocycles. The molecule has 5 rings (SSSR count). The Morgan fingerprint density at radius 1 is 1.00 bits per heavy atom. The van der Waals surface area contributed by atoms with Gasteiger partial charge in [0, 0.05) is 37.5 Å². The molecule has 1 N–H and O–H groups in total. The van der Waals surface area contributed by atoms with Crippen molar-refractivity contribution in [2.24, 2.45) is 0 Å². The van der Waals surface area contributed by atoms with Gasteiger partial charge in [-0.25, -0.2) is 14.8 Å². The summed E-state index contributed by atoms with van der Waals surface area (Å²) >= 11 is 0. The Hall–Kier alpha value is -4.53. The molecular weight excluding hydrogens is 472 g/mol. The van der Waals surface area contributed by atoms with Crippen LogP contribution in [-0.2, 0) is 13.2 Å². The van der Waals surface area contributed by atoms with Crippen LogP contribution in [0.2, 0.25) is 0 Å². The number of benzene rings is 2. The van der Waals surface area contributed by atoms with Crippen LogP contribution in [0.5, 0.6) is 17.4 Å². The van der Waals surface area contributed by atoms with Gasteiger partial charge in [0.25, 0.3) is 0 Å². The summed E-state index contributed by atoms with van der Waals surface area (Å²) in [6.07, 6.45) is 5.36. The second kappa shape index (κ2) is 10.6. The van der Waals surface area contributed by atoms with E-state index in [1.807, 2.05) is 36.7 Å². The van der Waals surface area contributed by atoms with Crippen molar-refractivity contribution in [3.05, 3.63) is 83.8 Å². The lowest BCUT2D eigenvalue weighted by atomic mass is 9.99. The van der Waals surface area contributed by atoms with Gasteiger partial charge >= 0.3 is 6.09 Å². The zero-order chi connectivity index (χ0) is 25.8. The van der Waals surface area contributed by atoms with Gasteiger partial charge in [-0.05, 0) is 53.5 Å². The third-order valence-corrected chi connectivity index (χ3v) is 6.45. The number of pyridine rings is 1. The van der Waals surface area contributed by atoms with E-state index in [1.54, 1.807) is 26.5 Å². The van der Waals surface area contributed by atoms with Crippen LogP contribution in [0.15, 0.2) is 67.1 Å². The lowest BCUT2D eigenvalue weighted by Gasteiger charge is -2.23. The van der Waals surface area contributed by atoms with Gasteiger partial charge in [0.1, 0.15) is 6.61 Å². The van der Waals surface area contributed by atoms with Crippen molar-refractivity contribution in [2.75, 3.05) is 27.3 Å². The maximum atomic E-state index is 11.2. The second-order valence-corrected chi connectivity index (χ2v) is 8.77. The van der Waals surface area contributed by atoms with Gasteiger partial charge in [0.2, 0.25) is 5.88 Å². The predicted octanol–water partition coefficient (Wildman–Crippen LogP) is 4.84. The highest BCUT2D eigenvalue weighted by molar-refractivity contribution is 5.82. The van der Waals surface area contributed by atoms with Crippen LogP contribution in [-0.4, -0.2) is 57.9 Å². The average molecular weight is 501 g/mol. The van der Waals surface area contributed by atoms with Gasteiger partial charge in [0.05, 0.1) is 31.6 Å². The summed E-state index contributed by atoms with van der Waals surface area (Å²) in [4.78, 5) is 21.4. The number of methoxy groups -OCH3 is 2. The standard InChI is InChI=1S/C28H28N4O5/c1-35-26-13-19(3-7-25(26)37-17-20-4-8-27(36-2)29-15-20)16-32-18-30-23-14-22(5-6-24(23)32)21-9-11-31(12-10-21)28(33)34/h3-9,13-15,18H,10-12,16-17H2,1-2H3,(H,33,34). The fourth-order valence-corrected chi connectivity index (χ4v) is 4.40. The molecule has 190 valence electrons. The normalized spacial score (nSPS) is 13.4. The summed E-state index contributed by atoms with van der Waals surface area (Å²) in [6, 6.07) is 15.8. The molecule has 0 saturated carbocycles. The summed E-state index contributed by atoms with van der Waals surface area (Å²) in [5, 5.41) is 9.16. The number of ether oxygens (including phenoxy) is 3. The molecule has 9 nitrogen and oxygen atoms in total. The first kappa shape index (κ1) is 24.2. The number of imidazole rings is 1. The number of aromatic nitrogens is 3. The third-order valence-electron chi connectivity index (χ3n) is 6.45. The molecule has 1 aliphatic rings. The fraction of sp³-hybridized carbons (Fsp3) is 0.250. The Morgan fingerprint density at radius 3 is 2.57 bits per heavy atom. The van der Waals surface area contributed by atoms with Crippen LogP contribution < -0.4 is 14.2 Å². The smallest absolute Gasteiger partial charge is 0.407 e. The molecule has 0 unspecified atom stereocenters. The van der Waals surface area contributed by atoms with E-state index < -0.39 is 6.09 Å². The van der Waals surface area contributed by atoms with E-state index in [9.17, 15) is 4.79 Å². The Labute approximate surface area is 214 Å². The molecule has 1 amide bonds. The van der Waals surface area contributed by atoms with Crippen LogP contribution >= 0.6 is 0 Å². The summed E-state index contributed by atoms with van der Waals surface area (Å²) in [5.41, 5.74) is 6.15. The van der Waals surface area contributed by atoms with E-state index in [-0.39, 0.29) is 0 Å². The number of carboxylic acid groups (broad SMARTS) is 1. The fourth-order valence-electron chi connectivity index (χ4n) is 4.40. The van der Waals surface area contributed by atoms with E-state index in [0.717, 1.165) is 33.3 Å². The van der Waals surface area contributed by atoms with Crippen molar-refractivity contribution in [3.63, 3.8) is 0 Å². The topological polar surface area (TPSA) is 98.9 Å². The molecule has 0 radical (unpaired) electrons. The predicted molar refractivity (Wildman–Crippen MR) is 139 cm³/mol. The van der Waals surface area contributed by atoms with Crippen LogP contribution in [0.25, 0.3) is 16.6 Å². The molecule has 0 bridgehead atoms. The van der Waals surface area contributed by atoms with Gasteiger partial charge in [-0.2, -0.15) is 0 Å². The lowest BCUT2D eigenvalue weighted by molar-refractivity contribution is 0.150. The van der Waals surface area contributed by atoms with Gasteiger partial charge < -0.3 is 28.8 Å². The first-order valence-electron chi connectivity index (χ1n) is 11.9. The SMILES string of the molecule is COc1ccc(COc2ccc(Cn3cnc4cc(C5=CCN(C(=O)O)CC5)ccc43)cc2OC)cn1. The van der Waals surface area contributed by atoms with Crippen LogP contribution in [0.1, 0.15) is 23.1 Å². The van der Waals surface area contributed by atoms with Gasteiger partial charge in [-0.1, -0.05) is 18.2 Å². The number of amides is 1. The number of carbonyl (C=O) groups is 1. The first-order chi connectivity index (χ1) is 18.0. The minimum absolute atomic E-state index is 0.367. The Kier molecular flexibility index (Phi) is 6.93. The highest BCUT2D eigenvalue weighted by Crippen LogP contribution is 2.30. The van der Waals surface area contributed by atoms with Gasteiger partial charge in [0.15, 0.2) is 11.5 Å². The summed E-state index contributed by atoms with van der Waals surface area (Å²) in [7, 11) is 3.21.